The van der Waals surface area contributed by atoms with Crippen molar-refractivity contribution in [3.05, 3.63) is 111 Å². The third-order valence-electron chi connectivity index (χ3n) is 12.2. The Morgan fingerprint density at radius 2 is 1.44 bits per heavy atom. The SMILES string of the molecule is CNC(=O)C[C@@H]1NC(=O)c2csc(n2)-c2ccc(-c3nc(NC(=O)CC(=O)O)cs3)nc2-c2csc(n2)-c2csc(n2)[C@H]([C@@H](O)c2ccccc2)NC(=O)CNC(=O)c2nc(sc2COC)[C@@H](C(C)C)CC(=O)c2nc1sc2C. The quantitative estimate of drug-likeness (QED) is 0.0613. The zero-order valence-electron chi connectivity index (χ0n) is 42.5. The van der Waals surface area contributed by atoms with Crippen molar-refractivity contribution in [1.29, 1.82) is 0 Å². The molecule has 0 radical (unpaired) electrons. The van der Waals surface area contributed by atoms with Crippen LogP contribution in [0, 0.1) is 12.8 Å². The molecule has 0 saturated carbocycles. The molecule has 5 amide bonds. The molecule has 0 aliphatic carbocycles. The zero-order valence-corrected chi connectivity index (χ0v) is 47.4. The van der Waals surface area contributed by atoms with E-state index in [4.69, 9.17) is 39.7 Å². The number of carboxylic acid groups (broad SMARTS) is 1. The molecule has 79 heavy (non-hydrogen) atoms. The monoisotopic (exact) mass is 1180 g/mol. The average molecular weight is 1180 g/mol. The lowest BCUT2D eigenvalue weighted by Gasteiger charge is -2.23. The van der Waals surface area contributed by atoms with Gasteiger partial charge in [-0.05, 0) is 30.5 Å². The molecule has 0 fully saturated rings. The van der Waals surface area contributed by atoms with Gasteiger partial charge in [0, 0.05) is 58.5 Å². The summed E-state index contributed by atoms with van der Waals surface area (Å²) in [6, 6.07) is 10.1. The van der Waals surface area contributed by atoms with Crippen LogP contribution in [-0.4, -0.2) is 107 Å². The largest absolute Gasteiger partial charge is 0.481 e. The summed E-state index contributed by atoms with van der Waals surface area (Å²) in [6.45, 7) is 5.13. The standard InChI is InChI=1S/C51H48N12O10S6/c1-22(2)26-13-32(64)39-23(3)78-50(62-39)28(14-35(65)52-4)55-44(71)30-19-74-46(57-30)25-11-12-27(48-60-34(21-77-48)59-36(66)15-38(68)69)54-40(25)29-18-75-49(56-29)31-20-76-51(58-31)42(43(70)24-9-7-6-8-10-24)61-37(67)16-53-45(72)41-33(17-73-5)79-47(26)63-41/h6-12,18-22,26,28,42-43,70H,13-17H2,1-5H3,(H,52,65)(H,53,72)(H,55,71)(H,59,66)(H,61,67)(H,68,69)/t26-,28+,42+,43+/m1/s1. The van der Waals surface area contributed by atoms with Gasteiger partial charge in [-0.1, -0.05) is 44.2 Å². The summed E-state index contributed by atoms with van der Waals surface area (Å²) in [4.78, 5) is 127. The highest BCUT2D eigenvalue weighted by Gasteiger charge is 2.33. The normalized spacial score (nSPS) is 16.6. The molecule has 7 aromatic heterocycles. The summed E-state index contributed by atoms with van der Waals surface area (Å²) in [5.74, 6) is -5.16. The van der Waals surface area contributed by atoms with Crippen LogP contribution in [-0.2, 0) is 30.5 Å². The van der Waals surface area contributed by atoms with Crippen LogP contribution in [0.2, 0.25) is 0 Å². The minimum Gasteiger partial charge on any atom is -0.481 e. The molecule has 4 atom stereocenters. The first kappa shape index (κ1) is 56.3. The molecular weight excluding hydrogens is 1130 g/mol. The summed E-state index contributed by atoms with van der Waals surface area (Å²) in [5, 5.41) is 43.5. The molecule has 9 rings (SSSR count). The number of anilines is 1. The van der Waals surface area contributed by atoms with Crippen LogP contribution in [0.5, 0.6) is 0 Å². The Labute approximate surface area is 474 Å². The minimum absolute atomic E-state index is 0.0181. The van der Waals surface area contributed by atoms with E-state index in [1.807, 2.05) is 13.8 Å². The van der Waals surface area contributed by atoms with Gasteiger partial charge in [-0.3, -0.25) is 33.6 Å². The number of ketones is 1. The summed E-state index contributed by atoms with van der Waals surface area (Å²) in [6.07, 6.45) is -2.28. The number of methoxy groups -OCH3 is 1. The number of hydrogen-bond donors (Lipinski definition) is 7. The van der Waals surface area contributed by atoms with Crippen LogP contribution in [0.15, 0.2) is 64.0 Å². The lowest BCUT2D eigenvalue weighted by Crippen LogP contribution is -2.40. The number of amides is 5. The van der Waals surface area contributed by atoms with Gasteiger partial charge in [-0.2, -0.15) is 0 Å². The predicted octanol–water partition coefficient (Wildman–Crippen LogP) is 7.61. The van der Waals surface area contributed by atoms with Crippen molar-refractivity contribution in [3.63, 3.8) is 0 Å². The fraction of sp³-hybridized carbons (Fsp3) is 0.294. The van der Waals surface area contributed by atoms with Gasteiger partial charge >= 0.3 is 5.97 Å². The number of fused-ring (bicyclic) bond motifs is 14. The van der Waals surface area contributed by atoms with Crippen LogP contribution in [0.1, 0.15) is 119 Å². The van der Waals surface area contributed by atoms with Gasteiger partial charge in [0.2, 0.25) is 17.7 Å². The number of aryl methyl sites for hydroxylation is 1. The molecule has 408 valence electrons. The average Bonchev–Trinajstić information content (AvgIpc) is 4.33. The van der Waals surface area contributed by atoms with Gasteiger partial charge in [0.15, 0.2) is 5.78 Å². The Morgan fingerprint density at radius 1 is 0.734 bits per heavy atom. The highest BCUT2D eigenvalue weighted by molar-refractivity contribution is 7.15. The molecule has 22 nitrogen and oxygen atoms in total. The Bertz CT molecular complexity index is 3600. The van der Waals surface area contributed by atoms with Crippen LogP contribution in [0.4, 0.5) is 5.82 Å². The van der Waals surface area contributed by atoms with Crippen LogP contribution < -0.4 is 26.6 Å². The number of pyridine rings is 1. The Kier molecular flexibility index (Phi) is 17.6. The van der Waals surface area contributed by atoms with E-state index in [2.05, 4.69) is 31.6 Å². The van der Waals surface area contributed by atoms with E-state index >= 15 is 0 Å². The third-order valence-corrected chi connectivity index (χ3v) is 18.0. The van der Waals surface area contributed by atoms with E-state index < -0.39 is 72.6 Å². The Morgan fingerprint density at radius 3 is 2.19 bits per heavy atom. The highest BCUT2D eigenvalue weighted by atomic mass is 32.1. The zero-order chi connectivity index (χ0) is 56.1. The van der Waals surface area contributed by atoms with Gasteiger partial charge in [-0.15, -0.1) is 68.0 Å². The molecule has 1 aliphatic heterocycles. The molecule has 10 bridgehead atoms. The fourth-order valence-electron chi connectivity index (χ4n) is 8.22. The van der Waals surface area contributed by atoms with Gasteiger partial charge in [-0.25, -0.2) is 34.9 Å². The van der Waals surface area contributed by atoms with E-state index in [0.29, 0.717) is 73.7 Å². The predicted molar refractivity (Wildman–Crippen MR) is 299 cm³/mol. The molecule has 7 N–H and O–H groups in total. The second-order valence-corrected chi connectivity index (χ2v) is 23.9. The number of aromatic nitrogens is 7. The van der Waals surface area contributed by atoms with Gasteiger partial charge in [0.1, 0.15) is 83.6 Å². The summed E-state index contributed by atoms with van der Waals surface area (Å²) in [5.41, 5.74) is 2.68. The number of carbonyl (C=O) groups is 7. The van der Waals surface area contributed by atoms with E-state index in [1.165, 1.54) is 59.5 Å². The van der Waals surface area contributed by atoms with E-state index in [-0.39, 0.29) is 54.0 Å². The van der Waals surface area contributed by atoms with Crippen molar-refractivity contribution in [2.75, 3.05) is 26.0 Å². The Hall–Kier alpha value is -7.44. The van der Waals surface area contributed by atoms with E-state index in [0.717, 1.165) is 22.7 Å². The number of hydrogen-bond acceptors (Lipinski definition) is 22. The van der Waals surface area contributed by atoms with Crippen molar-refractivity contribution in [2.24, 2.45) is 5.92 Å². The second-order valence-electron chi connectivity index (χ2n) is 18.1. The first-order valence-corrected chi connectivity index (χ1v) is 29.3. The lowest BCUT2D eigenvalue weighted by atomic mass is 9.90. The van der Waals surface area contributed by atoms with E-state index in [1.54, 1.807) is 70.9 Å². The molecule has 8 aromatic rings. The lowest BCUT2D eigenvalue weighted by molar-refractivity contribution is -0.139. The molecule has 1 aliphatic rings. The maximum Gasteiger partial charge on any atom is 0.312 e. The Balaban J connectivity index is 1.13. The minimum atomic E-state index is -1.30. The number of thiazole rings is 6. The highest BCUT2D eigenvalue weighted by Crippen LogP contribution is 2.41. The van der Waals surface area contributed by atoms with Crippen molar-refractivity contribution in [2.45, 2.75) is 70.7 Å². The summed E-state index contributed by atoms with van der Waals surface area (Å²) >= 11 is 7.13. The number of nitrogens with one attached hydrogen (secondary N) is 5. The molecular formula is C51H48N12O10S6. The number of aliphatic hydroxyl groups is 1. The van der Waals surface area contributed by atoms with Crippen molar-refractivity contribution in [3.8, 4) is 43.4 Å². The number of carboxylic acids is 1. The van der Waals surface area contributed by atoms with Crippen LogP contribution in [0.25, 0.3) is 43.4 Å². The smallest absolute Gasteiger partial charge is 0.312 e. The number of carbonyl (C=O) groups excluding carboxylic acids is 6. The number of nitrogens with zero attached hydrogens (tertiary/aromatic N) is 7. The number of aliphatic hydroxyl groups excluding tert-OH is 1. The molecule has 0 saturated heterocycles. The van der Waals surface area contributed by atoms with Crippen LogP contribution >= 0.6 is 68.0 Å². The number of aliphatic carboxylic acids is 1. The van der Waals surface area contributed by atoms with Gasteiger partial charge < -0.3 is 41.5 Å². The summed E-state index contributed by atoms with van der Waals surface area (Å²) < 4.78 is 5.45. The number of ether oxygens (including phenoxy) is 1. The molecule has 28 heteroatoms. The molecule has 0 spiro atoms. The van der Waals surface area contributed by atoms with Crippen molar-refractivity contribution in [1.82, 2.24) is 56.2 Å². The maximum absolute atomic E-state index is 14.3. The topological polar surface area (TPSA) is 320 Å². The number of rotatable bonds is 11. The van der Waals surface area contributed by atoms with Gasteiger partial charge in [0.25, 0.3) is 11.8 Å². The van der Waals surface area contributed by atoms with E-state index in [9.17, 15) is 38.7 Å². The maximum atomic E-state index is 14.3. The number of benzene rings is 1. The van der Waals surface area contributed by atoms with Crippen molar-refractivity contribution < 1.29 is 48.5 Å². The van der Waals surface area contributed by atoms with Crippen molar-refractivity contribution >= 4 is 115 Å². The van der Waals surface area contributed by atoms with Gasteiger partial charge in [0.05, 0.1) is 41.2 Å². The molecule has 8 heterocycles. The molecule has 1 aromatic carbocycles. The van der Waals surface area contributed by atoms with Crippen LogP contribution in [0.3, 0.4) is 0 Å². The summed E-state index contributed by atoms with van der Waals surface area (Å²) in [7, 11) is 2.95. The number of Topliss-reactive ketones (excluding diaryl/α,β-unsaturated/α-hetero) is 1. The molecule has 0 unspecified atom stereocenters. The first-order valence-electron chi connectivity index (χ1n) is 24.1. The fourth-order valence-corrected chi connectivity index (χ4v) is 13.8. The first-order chi connectivity index (χ1) is 38.0. The third kappa shape index (κ3) is 13.0. The second kappa shape index (κ2) is 24.7.